The molecule has 1 aromatic carbocycles. The summed E-state index contributed by atoms with van der Waals surface area (Å²) in [6.07, 6.45) is 3.40. The molecular weight excluding hydrogens is 345 g/mol. The lowest BCUT2D eigenvalue weighted by Crippen LogP contribution is -2.26. The molecule has 0 aliphatic rings. The fraction of sp³-hybridized carbons (Fsp3) is 0.167. The van der Waals surface area contributed by atoms with Gasteiger partial charge in [0.2, 0.25) is 0 Å². The number of carbonyl (C=O) groups excluding carboxylic acids is 1. The number of carbonyl (C=O) groups is 1. The maximum Gasteiger partial charge on any atom is 0.251 e. The molecule has 0 saturated carbocycles. The Kier molecular flexibility index (Phi) is 3.85. The smallest absolute Gasteiger partial charge is 0.251 e. The van der Waals surface area contributed by atoms with Crippen LogP contribution in [0.1, 0.15) is 28.9 Å². The van der Waals surface area contributed by atoms with Gasteiger partial charge in [0, 0.05) is 17.3 Å². The molecular formula is C12H12IN3O2. The van der Waals surface area contributed by atoms with Crippen LogP contribution in [0, 0.1) is 3.57 Å². The zero-order valence-corrected chi connectivity index (χ0v) is 11.8. The molecule has 1 amide bonds. The average Bonchev–Trinajstić information content (AvgIpc) is 2.86. The number of aromatic amines is 1. The van der Waals surface area contributed by atoms with Crippen molar-refractivity contribution < 1.29 is 9.90 Å². The Hall–Kier alpha value is -1.57. The van der Waals surface area contributed by atoms with E-state index in [1.54, 1.807) is 24.5 Å². The highest BCUT2D eigenvalue weighted by Crippen LogP contribution is 2.21. The molecule has 0 radical (unpaired) electrons. The highest BCUT2D eigenvalue weighted by Gasteiger charge is 2.13. The van der Waals surface area contributed by atoms with Gasteiger partial charge in [-0.05, 0) is 47.7 Å². The minimum atomic E-state index is -0.226. The number of nitrogens with zero attached hydrogens (tertiary/aromatic N) is 1. The van der Waals surface area contributed by atoms with Gasteiger partial charge in [-0.2, -0.15) is 5.10 Å². The van der Waals surface area contributed by atoms with Crippen LogP contribution in [0.5, 0.6) is 5.75 Å². The van der Waals surface area contributed by atoms with Crippen LogP contribution in [0.2, 0.25) is 0 Å². The fourth-order valence-corrected chi connectivity index (χ4v) is 1.85. The molecule has 94 valence electrons. The van der Waals surface area contributed by atoms with Crippen LogP contribution in [-0.2, 0) is 0 Å². The number of hydrogen-bond donors (Lipinski definition) is 3. The topological polar surface area (TPSA) is 78.0 Å². The number of aromatic hydroxyl groups is 1. The number of benzene rings is 1. The highest BCUT2D eigenvalue weighted by molar-refractivity contribution is 14.1. The minimum absolute atomic E-state index is 0.110. The second kappa shape index (κ2) is 5.38. The number of phenols is 1. The summed E-state index contributed by atoms with van der Waals surface area (Å²) in [6.45, 7) is 1.87. The molecule has 3 N–H and O–H groups in total. The van der Waals surface area contributed by atoms with Gasteiger partial charge in [-0.3, -0.25) is 9.89 Å². The summed E-state index contributed by atoms with van der Waals surface area (Å²) in [4.78, 5) is 12.0. The lowest BCUT2D eigenvalue weighted by atomic mass is 10.1. The Morgan fingerprint density at radius 2 is 2.33 bits per heavy atom. The molecule has 18 heavy (non-hydrogen) atoms. The van der Waals surface area contributed by atoms with E-state index >= 15 is 0 Å². The zero-order chi connectivity index (χ0) is 13.1. The lowest BCUT2D eigenvalue weighted by Gasteiger charge is -2.12. The van der Waals surface area contributed by atoms with Crippen LogP contribution in [0.25, 0.3) is 0 Å². The van der Waals surface area contributed by atoms with E-state index in [1.807, 2.05) is 29.5 Å². The van der Waals surface area contributed by atoms with Crippen molar-refractivity contribution in [3.63, 3.8) is 0 Å². The van der Waals surface area contributed by atoms with Crippen LogP contribution < -0.4 is 5.32 Å². The molecule has 0 bridgehead atoms. The maximum absolute atomic E-state index is 12.0. The Balaban J connectivity index is 2.10. The molecule has 0 saturated heterocycles. The molecule has 1 unspecified atom stereocenters. The molecule has 0 aliphatic carbocycles. The molecule has 1 heterocycles. The molecule has 5 nitrogen and oxygen atoms in total. The number of aromatic nitrogens is 2. The summed E-state index contributed by atoms with van der Waals surface area (Å²) in [5.74, 6) is -0.116. The maximum atomic E-state index is 12.0. The summed E-state index contributed by atoms with van der Waals surface area (Å²) in [6, 6.07) is 4.70. The Morgan fingerprint density at radius 3 is 2.94 bits per heavy atom. The average molecular weight is 357 g/mol. The van der Waals surface area contributed by atoms with E-state index in [0.29, 0.717) is 9.13 Å². The molecule has 6 heteroatoms. The van der Waals surface area contributed by atoms with E-state index in [0.717, 1.165) is 5.56 Å². The minimum Gasteiger partial charge on any atom is -0.507 e. The number of halogens is 1. The van der Waals surface area contributed by atoms with Crippen molar-refractivity contribution in [1.82, 2.24) is 15.5 Å². The second-order valence-electron chi connectivity index (χ2n) is 3.89. The second-order valence-corrected chi connectivity index (χ2v) is 5.06. The quantitative estimate of drug-likeness (QED) is 0.737. The first-order valence-electron chi connectivity index (χ1n) is 5.36. The largest absolute Gasteiger partial charge is 0.507 e. The fourth-order valence-electron chi connectivity index (χ4n) is 1.51. The van der Waals surface area contributed by atoms with Crippen LogP contribution >= 0.6 is 22.6 Å². The lowest BCUT2D eigenvalue weighted by molar-refractivity contribution is 0.0939. The van der Waals surface area contributed by atoms with Gasteiger partial charge in [0.1, 0.15) is 5.75 Å². The predicted octanol–water partition coefficient (Wildman–Crippen LogP) is 2.21. The van der Waals surface area contributed by atoms with Gasteiger partial charge in [-0.15, -0.1) is 0 Å². The Bertz CT molecular complexity index is 554. The van der Waals surface area contributed by atoms with Gasteiger partial charge in [-0.25, -0.2) is 0 Å². The summed E-state index contributed by atoms with van der Waals surface area (Å²) in [5.41, 5.74) is 1.33. The summed E-state index contributed by atoms with van der Waals surface area (Å²) < 4.78 is 0.715. The number of rotatable bonds is 3. The first kappa shape index (κ1) is 12.9. The number of H-pyrrole nitrogens is 1. The van der Waals surface area contributed by atoms with E-state index in [1.165, 1.54) is 6.07 Å². The number of nitrogens with one attached hydrogen (secondary N) is 2. The first-order valence-corrected chi connectivity index (χ1v) is 6.44. The summed E-state index contributed by atoms with van der Waals surface area (Å²) in [7, 11) is 0. The summed E-state index contributed by atoms with van der Waals surface area (Å²) >= 11 is 2.00. The van der Waals surface area contributed by atoms with Crippen LogP contribution in [0.3, 0.4) is 0 Å². The Morgan fingerprint density at radius 1 is 1.56 bits per heavy atom. The number of amides is 1. The van der Waals surface area contributed by atoms with Crippen molar-refractivity contribution in [2.75, 3.05) is 0 Å². The number of hydrogen-bond acceptors (Lipinski definition) is 3. The summed E-state index contributed by atoms with van der Waals surface area (Å²) in [5, 5.41) is 18.9. The van der Waals surface area contributed by atoms with Crippen molar-refractivity contribution in [1.29, 1.82) is 0 Å². The van der Waals surface area contributed by atoms with E-state index in [9.17, 15) is 9.90 Å². The highest BCUT2D eigenvalue weighted by atomic mass is 127. The Labute approximate surface area is 118 Å². The van der Waals surface area contributed by atoms with E-state index in [-0.39, 0.29) is 17.7 Å². The molecule has 2 aromatic rings. The van der Waals surface area contributed by atoms with Gasteiger partial charge < -0.3 is 10.4 Å². The van der Waals surface area contributed by atoms with E-state index in [2.05, 4.69) is 15.5 Å². The van der Waals surface area contributed by atoms with Crippen LogP contribution in [0.15, 0.2) is 30.6 Å². The standard InChI is InChI=1S/C12H12IN3O2/c1-7(9-5-14-15-6-9)16-12(18)8-2-3-10(13)11(17)4-8/h2-7,17H,1H3,(H,14,15)(H,16,18). The molecule has 0 fully saturated rings. The van der Waals surface area contributed by atoms with Crippen molar-refractivity contribution in [2.24, 2.45) is 0 Å². The van der Waals surface area contributed by atoms with Crippen LogP contribution in [-0.4, -0.2) is 21.2 Å². The van der Waals surface area contributed by atoms with Crippen molar-refractivity contribution in [2.45, 2.75) is 13.0 Å². The third-order valence-corrected chi connectivity index (χ3v) is 3.49. The SMILES string of the molecule is CC(NC(=O)c1ccc(I)c(O)c1)c1cn[nH]c1. The van der Waals surface area contributed by atoms with E-state index < -0.39 is 0 Å². The molecule has 2 rings (SSSR count). The van der Waals surface area contributed by atoms with Crippen LogP contribution in [0.4, 0.5) is 0 Å². The third kappa shape index (κ3) is 2.81. The van der Waals surface area contributed by atoms with Gasteiger partial charge in [0.05, 0.1) is 15.8 Å². The van der Waals surface area contributed by atoms with Crippen molar-refractivity contribution >= 4 is 28.5 Å². The molecule has 0 aliphatic heterocycles. The van der Waals surface area contributed by atoms with Gasteiger partial charge in [0.25, 0.3) is 5.91 Å². The van der Waals surface area contributed by atoms with Gasteiger partial charge >= 0.3 is 0 Å². The van der Waals surface area contributed by atoms with Gasteiger partial charge in [-0.1, -0.05) is 0 Å². The predicted molar refractivity (Wildman–Crippen MR) is 75.3 cm³/mol. The van der Waals surface area contributed by atoms with Crippen molar-refractivity contribution in [3.05, 3.63) is 45.3 Å². The molecule has 1 atom stereocenters. The molecule has 1 aromatic heterocycles. The third-order valence-electron chi connectivity index (χ3n) is 2.58. The number of phenolic OH excluding ortho intramolecular Hbond substituents is 1. The first-order chi connectivity index (χ1) is 8.58. The van der Waals surface area contributed by atoms with E-state index in [4.69, 9.17) is 0 Å². The van der Waals surface area contributed by atoms with Gasteiger partial charge in [0.15, 0.2) is 0 Å². The zero-order valence-electron chi connectivity index (χ0n) is 9.64. The van der Waals surface area contributed by atoms with Crippen molar-refractivity contribution in [3.8, 4) is 5.75 Å². The molecule has 0 spiro atoms. The monoisotopic (exact) mass is 357 g/mol. The normalized spacial score (nSPS) is 12.1.